The van der Waals surface area contributed by atoms with Gasteiger partial charge < -0.3 is 15.5 Å². The molecule has 3 N–H and O–H groups in total. The van der Waals surface area contributed by atoms with Gasteiger partial charge in [0.25, 0.3) is 0 Å². The number of rotatable bonds is 1. The van der Waals surface area contributed by atoms with Crippen LogP contribution in [0.2, 0.25) is 0 Å². The average Bonchev–Trinajstić information content (AvgIpc) is 2.20. The number of para-hydroxylation sites is 1. The second kappa shape index (κ2) is 3.69. The first kappa shape index (κ1) is 10.2. The first-order chi connectivity index (χ1) is 7.58. The fourth-order valence-electron chi connectivity index (χ4n) is 1.44. The zero-order chi connectivity index (χ0) is 11.7. The van der Waals surface area contributed by atoms with E-state index in [1.807, 2.05) is 0 Å². The molecular formula is C11H10N2O3. The Hall–Kier alpha value is -2.30. The molecule has 0 radical (unpaired) electrons. The lowest BCUT2D eigenvalue weighted by Crippen LogP contribution is -2.14. The van der Waals surface area contributed by atoms with Gasteiger partial charge in [-0.05, 0) is 12.1 Å². The van der Waals surface area contributed by atoms with Crippen LogP contribution in [0.3, 0.4) is 0 Å². The number of nitrogens with two attached hydrogens (primary N) is 1. The Morgan fingerprint density at radius 2 is 2.19 bits per heavy atom. The van der Waals surface area contributed by atoms with Crippen molar-refractivity contribution in [2.45, 2.75) is 6.92 Å². The summed E-state index contributed by atoms with van der Waals surface area (Å²) in [5, 5.41) is 3.07. The van der Waals surface area contributed by atoms with Gasteiger partial charge in [-0.1, -0.05) is 12.1 Å². The van der Waals surface area contributed by atoms with Crippen molar-refractivity contribution in [3.63, 3.8) is 0 Å². The Morgan fingerprint density at radius 3 is 2.88 bits per heavy atom. The maximum absolute atomic E-state index is 11.5. The molecule has 1 aromatic heterocycles. The molecule has 0 aliphatic carbocycles. The van der Waals surface area contributed by atoms with Crippen LogP contribution in [0.5, 0.6) is 0 Å². The van der Waals surface area contributed by atoms with Crippen molar-refractivity contribution in [1.82, 2.24) is 0 Å². The van der Waals surface area contributed by atoms with E-state index in [1.165, 1.54) is 6.92 Å². The standard InChI is InChI=1S/C11H10N2O3/c1-6(14)13-9-5-7-3-2-4-8(12)10(7)16-11(9)15/h2-5H,12H2,1H3,(H,13,14). The van der Waals surface area contributed by atoms with Gasteiger partial charge in [0.05, 0.1) is 5.69 Å². The molecule has 5 nitrogen and oxygen atoms in total. The fraction of sp³-hybridized carbons (Fsp3) is 0.0909. The van der Waals surface area contributed by atoms with E-state index in [-0.39, 0.29) is 11.6 Å². The van der Waals surface area contributed by atoms with Crippen LogP contribution in [0.4, 0.5) is 11.4 Å². The van der Waals surface area contributed by atoms with E-state index < -0.39 is 5.63 Å². The summed E-state index contributed by atoms with van der Waals surface area (Å²) in [5.74, 6) is -0.324. The molecule has 0 saturated carbocycles. The van der Waals surface area contributed by atoms with Gasteiger partial charge in [-0.25, -0.2) is 4.79 Å². The molecule has 0 atom stereocenters. The van der Waals surface area contributed by atoms with Crippen molar-refractivity contribution < 1.29 is 9.21 Å². The van der Waals surface area contributed by atoms with Crippen LogP contribution in [-0.4, -0.2) is 5.91 Å². The smallest absolute Gasteiger partial charge is 0.360 e. The lowest BCUT2D eigenvalue weighted by molar-refractivity contribution is -0.114. The van der Waals surface area contributed by atoms with Gasteiger partial charge in [0.15, 0.2) is 5.58 Å². The van der Waals surface area contributed by atoms with Gasteiger partial charge in [-0.15, -0.1) is 0 Å². The third kappa shape index (κ3) is 1.75. The van der Waals surface area contributed by atoms with E-state index in [2.05, 4.69) is 5.32 Å². The minimum Gasteiger partial charge on any atom is -0.419 e. The van der Waals surface area contributed by atoms with E-state index >= 15 is 0 Å². The lowest BCUT2D eigenvalue weighted by Gasteiger charge is -2.03. The van der Waals surface area contributed by atoms with E-state index in [1.54, 1.807) is 24.3 Å². The summed E-state index contributed by atoms with van der Waals surface area (Å²) < 4.78 is 5.03. The quantitative estimate of drug-likeness (QED) is 0.558. The number of hydrogen-bond donors (Lipinski definition) is 2. The van der Waals surface area contributed by atoms with Crippen molar-refractivity contribution in [2.24, 2.45) is 0 Å². The molecule has 0 aliphatic heterocycles. The number of anilines is 2. The van der Waals surface area contributed by atoms with E-state index in [4.69, 9.17) is 10.2 Å². The van der Waals surface area contributed by atoms with E-state index in [9.17, 15) is 9.59 Å². The van der Waals surface area contributed by atoms with Gasteiger partial charge in [0.2, 0.25) is 5.91 Å². The SMILES string of the molecule is CC(=O)Nc1cc2cccc(N)c2oc1=O. The van der Waals surface area contributed by atoms with Crippen LogP contribution in [0.25, 0.3) is 11.0 Å². The van der Waals surface area contributed by atoms with Gasteiger partial charge in [-0.2, -0.15) is 0 Å². The van der Waals surface area contributed by atoms with Gasteiger partial charge >= 0.3 is 5.63 Å². The van der Waals surface area contributed by atoms with Gasteiger partial charge in [-0.3, -0.25) is 4.79 Å². The summed E-state index contributed by atoms with van der Waals surface area (Å²) in [6.07, 6.45) is 0. The second-order valence-corrected chi connectivity index (χ2v) is 3.39. The molecule has 2 aromatic rings. The predicted octanol–water partition coefficient (Wildman–Crippen LogP) is 1.33. The first-order valence-electron chi connectivity index (χ1n) is 4.68. The Labute approximate surface area is 90.9 Å². The molecule has 0 bridgehead atoms. The number of amides is 1. The zero-order valence-corrected chi connectivity index (χ0v) is 8.61. The number of hydrogen-bond acceptors (Lipinski definition) is 4. The highest BCUT2D eigenvalue weighted by atomic mass is 16.4. The van der Waals surface area contributed by atoms with Crippen molar-refractivity contribution in [2.75, 3.05) is 11.1 Å². The topological polar surface area (TPSA) is 85.3 Å². The molecule has 0 saturated heterocycles. The average molecular weight is 218 g/mol. The van der Waals surface area contributed by atoms with Crippen LogP contribution >= 0.6 is 0 Å². The highest BCUT2D eigenvalue weighted by Crippen LogP contribution is 2.21. The van der Waals surface area contributed by atoms with Gasteiger partial charge in [0.1, 0.15) is 5.69 Å². The molecule has 1 heterocycles. The summed E-state index contributed by atoms with van der Waals surface area (Å²) in [7, 11) is 0. The second-order valence-electron chi connectivity index (χ2n) is 3.39. The van der Waals surface area contributed by atoms with Crippen LogP contribution < -0.4 is 16.7 Å². The minimum atomic E-state index is -0.611. The summed E-state index contributed by atoms with van der Waals surface area (Å²) in [5.41, 5.74) is 5.89. The summed E-state index contributed by atoms with van der Waals surface area (Å²) >= 11 is 0. The third-order valence-electron chi connectivity index (χ3n) is 2.10. The molecule has 0 aliphatic rings. The summed E-state index contributed by atoms with van der Waals surface area (Å²) in [6.45, 7) is 1.32. The highest BCUT2D eigenvalue weighted by molar-refractivity contribution is 5.93. The van der Waals surface area contributed by atoms with Gasteiger partial charge in [0, 0.05) is 12.3 Å². The third-order valence-corrected chi connectivity index (χ3v) is 2.10. The Balaban J connectivity index is 2.68. The molecule has 5 heteroatoms. The number of nitrogen functional groups attached to an aromatic ring is 1. The molecule has 1 aromatic carbocycles. The van der Waals surface area contributed by atoms with Crippen LogP contribution in [0, 0.1) is 0 Å². The van der Waals surface area contributed by atoms with Crippen molar-refractivity contribution in [1.29, 1.82) is 0 Å². The van der Waals surface area contributed by atoms with Crippen molar-refractivity contribution in [3.8, 4) is 0 Å². The Bertz CT molecular complexity index is 616. The monoisotopic (exact) mass is 218 g/mol. The largest absolute Gasteiger partial charge is 0.419 e. The number of benzene rings is 1. The molecule has 0 unspecified atom stereocenters. The van der Waals surface area contributed by atoms with Crippen molar-refractivity contribution >= 4 is 28.3 Å². The predicted molar refractivity (Wildman–Crippen MR) is 61.2 cm³/mol. The highest BCUT2D eigenvalue weighted by Gasteiger charge is 2.07. The Kier molecular flexibility index (Phi) is 2.36. The summed E-state index contributed by atoms with van der Waals surface area (Å²) in [4.78, 5) is 22.3. The summed E-state index contributed by atoms with van der Waals surface area (Å²) in [6, 6.07) is 6.68. The maximum Gasteiger partial charge on any atom is 0.360 e. The zero-order valence-electron chi connectivity index (χ0n) is 8.61. The molecule has 2 rings (SSSR count). The number of carbonyl (C=O) groups is 1. The van der Waals surface area contributed by atoms with Crippen LogP contribution in [-0.2, 0) is 4.79 Å². The molecule has 16 heavy (non-hydrogen) atoms. The van der Waals surface area contributed by atoms with Crippen LogP contribution in [0.15, 0.2) is 33.5 Å². The maximum atomic E-state index is 11.5. The fourth-order valence-corrected chi connectivity index (χ4v) is 1.44. The number of carbonyl (C=O) groups excluding carboxylic acids is 1. The molecule has 0 spiro atoms. The Morgan fingerprint density at radius 1 is 1.44 bits per heavy atom. The molecular weight excluding hydrogens is 208 g/mol. The lowest BCUT2D eigenvalue weighted by atomic mass is 10.2. The van der Waals surface area contributed by atoms with Crippen LogP contribution in [0.1, 0.15) is 6.92 Å². The molecule has 0 fully saturated rings. The molecule has 1 amide bonds. The number of fused-ring (bicyclic) bond motifs is 1. The normalized spacial score (nSPS) is 10.3. The minimum absolute atomic E-state index is 0.116. The van der Waals surface area contributed by atoms with Crippen molar-refractivity contribution in [3.05, 3.63) is 34.7 Å². The molecule has 82 valence electrons. The first-order valence-corrected chi connectivity index (χ1v) is 4.68. The van der Waals surface area contributed by atoms with E-state index in [0.29, 0.717) is 16.7 Å². The number of nitrogens with one attached hydrogen (secondary N) is 1. The van der Waals surface area contributed by atoms with E-state index in [0.717, 1.165) is 0 Å².